The van der Waals surface area contributed by atoms with Gasteiger partial charge in [-0.25, -0.2) is 5.57 Å². The molecule has 0 aromatic heterocycles. The van der Waals surface area contributed by atoms with E-state index in [2.05, 4.69) is 39.8 Å². The van der Waals surface area contributed by atoms with Crippen molar-refractivity contribution in [2.45, 2.75) is 34.1 Å². The average molecular weight is 297 g/mol. The van der Waals surface area contributed by atoms with E-state index in [1.165, 1.54) is 11.1 Å². The van der Waals surface area contributed by atoms with E-state index in [4.69, 9.17) is 0 Å². The third kappa shape index (κ3) is 5.40. The SMILES string of the molecule is CC1=[C-]CC=C1C(C)(C)C.[Cl-].[Cl-].[Zr+3]. The van der Waals surface area contributed by atoms with E-state index in [9.17, 15) is 0 Å². The van der Waals surface area contributed by atoms with Crippen LogP contribution in [0, 0.1) is 11.5 Å². The molecular weight excluding hydrogens is 282 g/mol. The van der Waals surface area contributed by atoms with Gasteiger partial charge in [0.2, 0.25) is 0 Å². The Labute approximate surface area is 113 Å². The second-order valence-corrected chi connectivity index (χ2v) is 3.87. The van der Waals surface area contributed by atoms with Crippen LogP contribution in [0.5, 0.6) is 0 Å². The van der Waals surface area contributed by atoms with E-state index in [1.54, 1.807) is 0 Å². The van der Waals surface area contributed by atoms with Crippen molar-refractivity contribution in [3.63, 3.8) is 0 Å². The number of allylic oxidation sites excluding steroid dienone is 4. The van der Waals surface area contributed by atoms with Crippen LogP contribution >= 0.6 is 0 Å². The van der Waals surface area contributed by atoms with Crippen molar-refractivity contribution in [1.29, 1.82) is 0 Å². The van der Waals surface area contributed by atoms with E-state index in [0.29, 0.717) is 5.41 Å². The van der Waals surface area contributed by atoms with Crippen molar-refractivity contribution in [2.75, 3.05) is 0 Å². The van der Waals surface area contributed by atoms with Crippen LogP contribution in [0.25, 0.3) is 0 Å². The minimum absolute atomic E-state index is 0. The second kappa shape index (κ2) is 7.26. The Bertz CT molecular complexity index is 199. The van der Waals surface area contributed by atoms with Crippen LogP contribution in [-0.2, 0) is 26.2 Å². The van der Waals surface area contributed by atoms with Gasteiger partial charge in [-0.2, -0.15) is 11.6 Å². The summed E-state index contributed by atoms with van der Waals surface area (Å²) < 4.78 is 0. The molecule has 0 saturated heterocycles. The fraction of sp³-hybridized carbons (Fsp3) is 0.600. The molecule has 0 saturated carbocycles. The fourth-order valence-electron chi connectivity index (χ4n) is 1.42. The number of hydrogen-bond acceptors (Lipinski definition) is 0. The minimum Gasteiger partial charge on any atom is -1.00 e. The molecule has 0 aromatic carbocycles. The molecule has 13 heavy (non-hydrogen) atoms. The van der Waals surface area contributed by atoms with Crippen LogP contribution in [-0.4, -0.2) is 0 Å². The summed E-state index contributed by atoms with van der Waals surface area (Å²) >= 11 is 0. The molecule has 0 heterocycles. The largest absolute Gasteiger partial charge is 3.00 e. The van der Waals surface area contributed by atoms with Crippen LogP contribution < -0.4 is 24.8 Å². The molecule has 0 spiro atoms. The maximum atomic E-state index is 3.30. The van der Waals surface area contributed by atoms with Gasteiger partial charge in [0.05, 0.1) is 0 Å². The number of hydrogen-bond donors (Lipinski definition) is 0. The molecule has 1 aliphatic rings. The Kier molecular flexibility index (Phi) is 10.9. The smallest absolute Gasteiger partial charge is 1.00 e. The molecule has 0 nitrogen and oxygen atoms in total. The van der Waals surface area contributed by atoms with Crippen LogP contribution in [0.2, 0.25) is 0 Å². The topological polar surface area (TPSA) is 0 Å². The molecule has 3 heteroatoms. The normalized spacial score (nSPS) is 14.5. The first-order valence-corrected chi connectivity index (χ1v) is 3.80. The van der Waals surface area contributed by atoms with Crippen molar-refractivity contribution in [1.82, 2.24) is 0 Å². The van der Waals surface area contributed by atoms with E-state index >= 15 is 0 Å². The third-order valence-electron chi connectivity index (χ3n) is 1.89. The third-order valence-corrected chi connectivity index (χ3v) is 1.89. The summed E-state index contributed by atoms with van der Waals surface area (Å²) in [5.41, 5.74) is 3.12. The molecule has 0 aromatic rings. The summed E-state index contributed by atoms with van der Waals surface area (Å²) in [7, 11) is 0. The molecule has 0 aliphatic heterocycles. The molecule has 1 radical (unpaired) electrons. The molecule has 0 unspecified atom stereocenters. The summed E-state index contributed by atoms with van der Waals surface area (Å²) in [5.74, 6) is 0. The molecule has 73 valence electrons. The van der Waals surface area contributed by atoms with Crippen molar-refractivity contribution in [3.05, 3.63) is 23.3 Å². The average Bonchev–Trinajstić information content (AvgIpc) is 2.11. The van der Waals surface area contributed by atoms with Gasteiger partial charge in [0.25, 0.3) is 0 Å². The van der Waals surface area contributed by atoms with Gasteiger partial charge in [-0.3, -0.25) is 6.08 Å². The molecule has 0 amide bonds. The first-order chi connectivity index (χ1) is 4.52. The maximum Gasteiger partial charge on any atom is 3.00 e. The fourth-order valence-corrected chi connectivity index (χ4v) is 1.42. The maximum absolute atomic E-state index is 3.30. The molecular formula is C10H15Cl2Zr. The Morgan fingerprint density at radius 3 is 1.85 bits per heavy atom. The van der Waals surface area contributed by atoms with Crippen LogP contribution in [0.1, 0.15) is 34.1 Å². The van der Waals surface area contributed by atoms with Crippen molar-refractivity contribution >= 4 is 0 Å². The van der Waals surface area contributed by atoms with Gasteiger partial charge < -0.3 is 24.8 Å². The van der Waals surface area contributed by atoms with Crippen molar-refractivity contribution < 1.29 is 51.0 Å². The monoisotopic (exact) mass is 295 g/mol. The van der Waals surface area contributed by atoms with Crippen molar-refractivity contribution in [3.8, 4) is 0 Å². The van der Waals surface area contributed by atoms with E-state index in [0.717, 1.165) is 6.42 Å². The first-order valence-electron chi connectivity index (χ1n) is 3.80. The number of halogens is 2. The molecule has 0 N–H and O–H groups in total. The van der Waals surface area contributed by atoms with Gasteiger partial charge in [-0.1, -0.05) is 33.1 Å². The van der Waals surface area contributed by atoms with Crippen LogP contribution in [0.15, 0.2) is 17.2 Å². The predicted molar refractivity (Wildman–Crippen MR) is 44.6 cm³/mol. The van der Waals surface area contributed by atoms with Gasteiger partial charge in [-0.15, -0.1) is 6.42 Å². The Balaban J connectivity index is -0.000000333. The minimum atomic E-state index is 0. The van der Waals surface area contributed by atoms with Crippen LogP contribution in [0.3, 0.4) is 0 Å². The summed E-state index contributed by atoms with van der Waals surface area (Å²) in [6.45, 7) is 8.88. The molecule has 1 rings (SSSR count). The zero-order valence-electron chi connectivity index (χ0n) is 8.54. The van der Waals surface area contributed by atoms with Gasteiger partial charge >= 0.3 is 26.2 Å². The van der Waals surface area contributed by atoms with E-state index in [-0.39, 0.29) is 51.0 Å². The number of rotatable bonds is 0. The van der Waals surface area contributed by atoms with Crippen molar-refractivity contribution in [2.24, 2.45) is 5.41 Å². The zero-order valence-corrected chi connectivity index (χ0v) is 12.5. The van der Waals surface area contributed by atoms with E-state index < -0.39 is 0 Å². The van der Waals surface area contributed by atoms with Gasteiger partial charge in [0.15, 0.2) is 0 Å². The zero-order chi connectivity index (χ0) is 7.78. The Morgan fingerprint density at radius 1 is 1.23 bits per heavy atom. The summed E-state index contributed by atoms with van der Waals surface area (Å²) in [6, 6.07) is 0. The summed E-state index contributed by atoms with van der Waals surface area (Å²) in [6.07, 6.45) is 6.59. The first kappa shape index (κ1) is 19.5. The molecule has 0 bridgehead atoms. The molecule has 1 aliphatic carbocycles. The van der Waals surface area contributed by atoms with Gasteiger partial charge in [0.1, 0.15) is 0 Å². The molecule has 0 fully saturated rings. The van der Waals surface area contributed by atoms with Gasteiger partial charge in [0, 0.05) is 0 Å². The second-order valence-electron chi connectivity index (χ2n) is 3.87. The summed E-state index contributed by atoms with van der Waals surface area (Å²) in [5, 5.41) is 0. The van der Waals surface area contributed by atoms with Gasteiger partial charge in [-0.05, 0) is 0 Å². The molecule has 0 atom stereocenters. The van der Waals surface area contributed by atoms with E-state index in [1.807, 2.05) is 0 Å². The van der Waals surface area contributed by atoms with Crippen LogP contribution in [0.4, 0.5) is 0 Å². The standard InChI is InChI=1S/C10H15.2ClH.Zr/c1-8-6-5-7-9(8)10(2,3)4;;;/h7H,5H2,1-4H3;2*1H;/q-1;;;+3/p-2. The quantitative estimate of drug-likeness (QED) is 0.421. The Morgan fingerprint density at radius 2 is 1.69 bits per heavy atom. The Hall–Kier alpha value is 0.943. The predicted octanol–water partition coefficient (Wildman–Crippen LogP) is -2.88. The summed E-state index contributed by atoms with van der Waals surface area (Å²) in [4.78, 5) is 0.